The highest BCUT2D eigenvalue weighted by Gasteiger charge is 2.41. The fourth-order valence-corrected chi connectivity index (χ4v) is 5.14. The van der Waals surface area contributed by atoms with Crippen LogP contribution in [0.1, 0.15) is 29.3 Å². The van der Waals surface area contributed by atoms with Crippen LogP contribution in [-0.2, 0) is 26.0 Å². The van der Waals surface area contributed by atoms with Crippen molar-refractivity contribution in [2.45, 2.75) is 30.7 Å². The van der Waals surface area contributed by atoms with Crippen LogP contribution < -0.4 is 5.32 Å². The van der Waals surface area contributed by atoms with Crippen LogP contribution in [0.5, 0.6) is 0 Å². The van der Waals surface area contributed by atoms with Gasteiger partial charge in [0, 0.05) is 26.6 Å². The molecule has 0 spiro atoms. The summed E-state index contributed by atoms with van der Waals surface area (Å²) in [5.74, 6) is -1.36. The minimum absolute atomic E-state index is 0.0490. The van der Waals surface area contributed by atoms with Gasteiger partial charge in [0.05, 0.1) is 5.56 Å². The second kappa shape index (κ2) is 9.30. The fraction of sp³-hybridized carbons (Fsp3) is 0.318. The van der Waals surface area contributed by atoms with Crippen LogP contribution in [0.15, 0.2) is 59.5 Å². The molecule has 0 bridgehead atoms. The van der Waals surface area contributed by atoms with Crippen LogP contribution in [0.3, 0.4) is 0 Å². The van der Waals surface area contributed by atoms with Gasteiger partial charge in [-0.3, -0.25) is 14.4 Å². The molecule has 1 aliphatic rings. The molecule has 0 unspecified atom stereocenters. The number of hydrogen-bond donors (Lipinski definition) is 1. The molecule has 1 aliphatic heterocycles. The molecule has 164 valence electrons. The first-order valence-corrected chi connectivity index (χ1v) is 11.4. The number of likely N-dealkylation sites (N-methyl/N-ethyl adjacent to an activating group) is 1. The number of nitrogens with zero attached hydrogens (tertiary/aromatic N) is 2. The molecule has 3 amide bonds. The first-order valence-electron chi connectivity index (χ1n) is 9.98. The standard InChI is InChI=1S/C22H25N3O5S/c1-16(21(27)23-2)24(14-12-17-8-4-3-5-9-17)20(26)13-15-25-22(28)18-10-6-7-11-19(18)31(25,29)30/h3-11,16H,12-15H2,1-2H3,(H,23,27)/t16-/m1/s1. The third kappa shape index (κ3) is 4.61. The molecule has 0 radical (unpaired) electrons. The van der Waals surface area contributed by atoms with E-state index in [0.29, 0.717) is 13.0 Å². The number of nitrogens with one attached hydrogen (secondary N) is 1. The molecular formula is C22H25N3O5S. The topological polar surface area (TPSA) is 104 Å². The van der Waals surface area contributed by atoms with Crippen LogP contribution in [0, 0.1) is 0 Å². The molecule has 2 aromatic carbocycles. The second-order valence-corrected chi connectivity index (χ2v) is 9.07. The number of rotatable bonds is 8. The van der Waals surface area contributed by atoms with Gasteiger partial charge in [0.15, 0.2) is 0 Å². The minimum Gasteiger partial charge on any atom is -0.357 e. The van der Waals surface area contributed by atoms with Crippen LogP contribution in [0.4, 0.5) is 0 Å². The van der Waals surface area contributed by atoms with E-state index in [9.17, 15) is 22.8 Å². The largest absolute Gasteiger partial charge is 0.357 e. The predicted octanol–water partition coefficient (Wildman–Crippen LogP) is 1.43. The Hall–Kier alpha value is -3.20. The third-order valence-electron chi connectivity index (χ3n) is 5.34. The predicted molar refractivity (Wildman–Crippen MR) is 115 cm³/mol. The molecule has 8 nitrogen and oxygen atoms in total. The number of carbonyl (C=O) groups is 3. The van der Waals surface area contributed by atoms with E-state index < -0.39 is 27.9 Å². The van der Waals surface area contributed by atoms with Crippen molar-refractivity contribution >= 4 is 27.7 Å². The zero-order valence-corrected chi connectivity index (χ0v) is 18.3. The summed E-state index contributed by atoms with van der Waals surface area (Å²) < 4.78 is 26.1. The van der Waals surface area contributed by atoms with Gasteiger partial charge >= 0.3 is 0 Å². The Kier molecular flexibility index (Phi) is 6.74. The van der Waals surface area contributed by atoms with E-state index in [1.54, 1.807) is 19.1 Å². The minimum atomic E-state index is -3.98. The van der Waals surface area contributed by atoms with Crippen molar-refractivity contribution in [3.8, 4) is 0 Å². The molecule has 1 atom stereocenters. The lowest BCUT2D eigenvalue weighted by Crippen LogP contribution is -2.48. The number of amides is 3. The van der Waals surface area contributed by atoms with E-state index in [-0.39, 0.29) is 29.3 Å². The first-order chi connectivity index (χ1) is 14.8. The van der Waals surface area contributed by atoms with Gasteiger partial charge in [0.25, 0.3) is 15.9 Å². The summed E-state index contributed by atoms with van der Waals surface area (Å²) >= 11 is 0. The van der Waals surface area contributed by atoms with Gasteiger partial charge in [-0.25, -0.2) is 12.7 Å². The summed E-state index contributed by atoms with van der Waals surface area (Å²) in [7, 11) is -2.49. The normalized spacial score (nSPS) is 15.3. The Bertz CT molecular complexity index is 1090. The van der Waals surface area contributed by atoms with Crippen LogP contribution in [-0.4, -0.2) is 61.5 Å². The molecule has 0 saturated carbocycles. The molecule has 1 N–H and O–H groups in total. The number of fused-ring (bicyclic) bond motifs is 1. The Morgan fingerprint density at radius 1 is 1.06 bits per heavy atom. The van der Waals surface area contributed by atoms with Crippen LogP contribution in [0.25, 0.3) is 0 Å². The van der Waals surface area contributed by atoms with Crippen molar-refractivity contribution in [3.05, 3.63) is 65.7 Å². The first kappa shape index (κ1) is 22.5. The summed E-state index contributed by atoms with van der Waals surface area (Å²) in [4.78, 5) is 39.1. The molecule has 0 saturated heterocycles. The highest BCUT2D eigenvalue weighted by Crippen LogP contribution is 2.30. The third-order valence-corrected chi connectivity index (χ3v) is 7.18. The van der Waals surface area contributed by atoms with Crippen molar-refractivity contribution < 1.29 is 22.8 Å². The highest BCUT2D eigenvalue weighted by molar-refractivity contribution is 7.90. The number of carbonyl (C=O) groups excluding carboxylic acids is 3. The average molecular weight is 444 g/mol. The van der Waals surface area contributed by atoms with Crippen molar-refractivity contribution in [2.75, 3.05) is 20.1 Å². The zero-order chi connectivity index (χ0) is 22.6. The lowest BCUT2D eigenvalue weighted by molar-refractivity contribution is -0.139. The van der Waals surface area contributed by atoms with Gasteiger partial charge < -0.3 is 10.2 Å². The van der Waals surface area contributed by atoms with Crippen molar-refractivity contribution in [1.82, 2.24) is 14.5 Å². The van der Waals surface area contributed by atoms with Gasteiger partial charge in [-0.1, -0.05) is 42.5 Å². The Balaban J connectivity index is 1.73. The molecule has 0 fully saturated rings. The smallest absolute Gasteiger partial charge is 0.269 e. The van der Waals surface area contributed by atoms with E-state index in [4.69, 9.17) is 0 Å². The molecule has 3 rings (SSSR count). The molecule has 2 aromatic rings. The average Bonchev–Trinajstić information content (AvgIpc) is 2.97. The molecule has 0 aliphatic carbocycles. The quantitative estimate of drug-likeness (QED) is 0.665. The van der Waals surface area contributed by atoms with Crippen molar-refractivity contribution in [1.29, 1.82) is 0 Å². The van der Waals surface area contributed by atoms with E-state index >= 15 is 0 Å². The van der Waals surface area contributed by atoms with Gasteiger partial charge in [0.2, 0.25) is 11.8 Å². The van der Waals surface area contributed by atoms with Crippen molar-refractivity contribution in [3.63, 3.8) is 0 Å². The molecule has 31 heavy (non-hydrogen) atoms. The molecule has 1 heterocycles. The molecule has 9 heteroatoms. The summed E-state index contributed by atoms with van der Waals surface area (Å²) in [5, 5.41) is 2.53. The lowest BCUT2D eigenvalue weighted by Gasteiger charge is -2.29. The van der Waals surface area contributed by atoms with Gasteiger partial charge in [-0.2, -0.15) is 0 Å². The Labute approximate surface area is 181 Å². The monoisotopic (exact) mass is 443 g/mol. The SMILES string of the molecule is CNC(=O)[C@@H](C)N(CCc1ccccc1)C(=O)CCN1C(=O)c2ccccc2S1(=O)=O. The van der Waals surface area contributed by atoms with Crippen LogP contribution in [0.2, 0.25) is 0 Å². The Morgan fingerprint density at radius 3 is 2.35 bits per heavy atom. The molecule has 0 aromatic heterocycles. The summed E-state index contributed by atoms with van der Waals surface area (Å²) in [5.41, 5.74) is 1.12. The Morgan fingerprint density at radius 2 is 1.71 bits per heavy atom. The summed E-state index contributed by atoms with van der Waals surface area (Å²) in [6.07, 6.45) is 0.329. The van der Waals surface area contributed by atoms with E-state index in [1.165, 1.54) is 24.1 Å². The van der Waals surface area contributed by atoms with Gasteiger partial charge in [-0.05, 0) is 31.0 Å². The van der Waals surface area contributed by atoms with Gasteiger partial charge in [0.1, 0.15) is 10.9 Å². The van der Waals surface area contributed by atoms with Crippen LogP contribution >= 0.6 is 0 Å². The second-order valence-electron chi connectivity index (χ2n) is 7.24. The van der Waals surface area contributed by atoms with Gasteiger partial charge in [-0.15, -0.1) is 0 Å². The van der Waals surface area contributed by atoms with E-state index in [2.05, 4.69) is 5.32 Å². The highest BCUT2D eigenvalue weighted by atomic mass is 32.2. The van der Waals surface area contributed by atoms with E-state index in [1.807, 2.05) is 30.3 Å². The maximum Gasteiger partial charge on any atom is 0.269 e. The molecular weight excluding hydrogens is 418 g/mol. The maximum absolute atomic E-state index is 13.0. The zero-order valence-electron chi connectivity index (χ0n) is 17.4. The van der Waals surface area contributed by atoms with E-state index in [0.717, 1.165) is 9.87 Å². The fourth-order valence-electron chi connectivity index (χ4n) is 3.57. The maximum atomic E-state index is 13.0. The van der Waals surface area contributed by atoms with Crippen molar-refractivity contribution in [2.24, 2.45) is 0 Å². The summed E-state index contributed by atoms with van der Waals surface area (Å²) in [6.45, 7) is 1.63. The lowest BCUT2D eigenvalue weighted by atomic mass is 10.1. The number of hydrogen-bond acceptors (Lipinski definition) is 5. The summed E-state index contributed by atoms with van der Waals surface area (Å²) in [6, 6.07) is 14.8. The number of sulfonamides is 1. The number of benzene rings is 2.